The third-order valence-electron chi connectivity index (χ3n) is 3.50. The van der Waals surface area contributed by atoms with Crippen LogP contribution in [0.4, 0.5) is 0 Å². The summed E-state index contributed by atoms with van der Waals surface area (Å²) in [5, 5.41) is 7.02. The lowest BCUT2D eigenvalue weighted by atomic mass is 10.3. The molecule has 1 aliphatic rings. The highest BCUT2D eigenvalue weighted by Gasteiger charge is 2.08. The van der Waals surface area contributed by atoms with Crippen molar-refractivity contribution in [2.45, 2.75) is 26.7 Å². The highest BCUT2D eigenvalue weighted by molar-refractivity contribution is 4.67. The first-order valence-corrected chi connectivity index (χ1v) is 7.73. The van der Waals surface area contributed by atoms with Crippen LogP contribution in [-0.4, -0.2) is 75.2 Å². The lowest BCUT2D eigenvalue weighted by Gasteiger charge is -2.28. The van der Waals surface area contributed by atoms with Crippen LogP contribution in [0, 0.1) is 0 Å². The van der Waals surface area contributed by atoms with E-state index >= 15 is 0 Å². The van der Waals surface area contributed by atoms with E-state index in [1.54, 1.807) is 0 Å². The molecule has 0 spiro atoms. The van der Waals surface area contributed by atoms with E-state index in [4.69, 9.17) is 0 Å². The Morgan fingerprint density at radius 2 is 1.11 bits per heavy atom. The van der Waals surface area contributed by atoms with Gasteiger partial charge in [0.15, 0.2) is 0 Å². The molecule has 18 heavy (non-hydrogen) atoms. The van der Waals surface area contributed by atoms with E-state index in [-0.39, 0.29) is 0 Å². The molecule has 4 nitrogen and oxygen atoms in total. The summed E-state index contributed by atoms with van der Waals surface area (Å²) >= 11 is 0. The SMILES string of the molecule is CCCN1CCNCCNCCN(CCC)CC1. The van der Waals surface area contributed by atoms with Gasteiger partial charge in [0.25, 0.3) is 0 Å². The molecular weight excluding hydrogens is 224 g/mol. The summed E-state index contributed by atoms with van der Waals surface area (Å²) < 4.78 is 0. The standard InChI is InChI=1S/C14H32N4/c1-3-9-17-11-7-15-5-6-16-8-12-18(10-4-2)14-13-17/h15-16H,3-14H2,1-2H3. The van der Waals surface area contributed by atoms with Gasteiger partial charge in [-0.15, -0.1) is 0 Å². The molecule has 1 fully saturated rings. The lowest BCUT2D eigenvalue weighted by molar-refractivity contribution is 0.201. The van der Waals surface area contributed by atoms with E-state index in [1.165, 1.54) is 52.1 Å². The zero-order valence-corrected chi connectivity index (χ0v) is 12.4. The van der Waals surface area contributed by atoms with Gasteiger partial charge in [0.2, 0.25) is 0 Å². The molecule has 1 saturated heterocycles. The predicted molar refractivity (Wildman–Crippen MR) is 79.2 cm³/mol. The Morgan fingerprint density at radius 3 is 1.50 bits per heavy atom. The maximum absolute atomic E-state index is 3.51. The molecule has 0 aromatic carbocycles. The van der Waals surface area contributed by atoms with Gasteiger partial charge in [-0.2, -0.15) is 0 Å². The Labute approximate surface area is 113 Å². The normalized spacial score (nSPS) is 22.3. The van der Waals surface area contributed by atoms with Crippen LogP contribution in [0.25, 0.3) is 0 Å². The van der Waals surface area contributed by atoms with Crippen LogP contribution in [0.3, 0.4) is 0 Å². The predicted octanol–water partition coefficient (Wildman–Crippen LogP) is 0.603. The zero-order valence-electron chi connectivity index (χ0n) is 12.4. The first-order valence-electron chi connectivity index (χ1n) is 7.73. The fraction of sp³-hybridized carbons (Fsp3) is 1.00. The molecule has 108 valence electrons. The Balaban J connectivity index is 2.38. The molecular formula is C14H32N4. The van der Waals surface area contributed by atoms with Gasteiger partial charge >= 0.3 is 0 Å². The van der Waals surface area contributed by atoms with Gasteiger partial charge in [-0.1, -0.05) is 13.8 Å². The van der Waals surface area contributed by atoms with Crippen LogP contribution in [0.2, 0.25) is 0 Å². The fourth-order valence-electron chi connectivity index (χ4n) is 2.49. The first kappa shape index (κ1) is 15.9. The minimum Gasteiger partial charge on any atom is -0.314 e. The molecule has 1 aliphatic heterocycles. The quantitative estimate of drug-likeness (QED) is 0.771. The van der Waals surface area contributed by atoms with E-state index in [9.17, 15) is 0 Å². The number of nitrogens with one attached hydrogen (secondary N) is 2. The molecule has 0 atom stereocenters. The molecule has 0 saturated carbocycles. The summed E-state index contributed by atoms with van der Waals surface area (Å²) in [5.74, 6) is 0. The number of hydrogen-bond donors (Lipinski definition) is 2. The van der Waals surface area contributed by atoms with Crippen molar-refractivity contribution < 1.29 is 0 Å². The molecule has 0 bridgehead atoms. The van der Waals surface area contributed by atoms with Gasteiger partial charge in [-0.05, 0) is 25.9 Å². The maximum atomic E-state index is 3.51. The number of hydrogen-bond acceptors (Lipinski definition) is 4. The van der Waals surface area contributed by atoms with E-state index in [2.05, 4.69) is 34.3 Å². The van der Waals surface area contributed by atoms with Crippen molar-refractivity contribution in [3.05, 3.63) is 0 Å². The van der Waals surface area contributed by atoms with Crippen LogP contribution in [0.1, 0.15) is 26.7 Å². The molecule has 0 aliphatic carbocycles. The Bertz CT molecular complexity index is 167. The summed E-state index contributed by atoms with van der Waals surface area (Å²) in [4.78, 5) is 5.20. The molecule has 1 rings (SSSR count). The third-order valence-corrected chi connectivity index (χ3v) is 3.50. The zero-order chi connectivity index (χ0) is 13.1. The second-order valence-electron chi connectivity index (χ2n) is 5.18. The molecule has 1 heterocycles. The Hall–Kier alpha value is -0.160. The minimum atomic E-state index is 1.09. The molecule has 0 aromatic heterocycles. The second kappa shape index (κ2) is 10.7. The smallest absolute Gasteiger partial charge is 0.0110 e. The average Bonchev–Trinajstić information content (AvgIpc) is 2.36. The van der Waals surface area contributed by atoms with Crippen molar-refractivity contribution in [2.75, 3.05) is 65.4 Å². The monoisotopic (exact) mass is 256 g/mol. The van der Waals surface area contributed by atoms with Gasteiger partial charge in [-0.3, -0.25) is 0 Å². The van der Waals surface area contributed by atoms with Crippen molar-refractivity contribution >= 4 is 0 Å². The average molecular weight is 256 g/mol. The molecule has 0 unspecified atom stereocenters. The number of nitrogens with zero attached hydrogens (tertiary/aromatic N) is 2. The molecule has 4 heteroatoms. The van der Waals surface area contributed by atoms with Crippen LogP contribution >= 0.6 is 0 Å². The van der Waals surface area contributed by atoms with Crippen LogP contribution < -0.4 is 10.6 Å². The highest BCUT2D eigenvalue weighted by Crippen LogP contribution is 1.96. The summed E-state index contributed by atoms with van der Waals surface area (Å²) in [6, 6.07) is 0. The molecule has 0 amide bonds. The summed E-state index contributed by atoms with van der Waals surface area (Å²) in [5.41, 5.74) is 0. The van der Waals surface area contributed by atoms with E-state index in [0.29, 0.717) is 0 Å². The van der Waals surface area contributed by atoms with Gasteiger partial charge in [0.05, 0.1) is 0 Å². The molecule has 2 N–H and O–H groups in total. The van der Waals surface area contributed by atoms with Crippen molar-refractivity contribution in [3.8, 4) is 0 Å². The highest BCUT2D eigenvalue weighted by atomic mass is 15.2. The summed E-state index contributed by atoms with van der Waals surface area (Å²) in [6.07, 6.45) is 2.52. The third kappa shape index (κ3) is 7.31. The van der Waals surface area contributed by atoms with Crippen molar-refractivity contribution in [3.63, 3.8) is 0 Å². The summed E-state index contributed by atoms with van der Waals surface area (Å²) in [7, 11) is 0. The van der Waals surface area contributed by atoms with Crippen molar-refractivity contribution in [1.29, 1.82) is 0 Å². The largest absolute Gasteiger partial charge is 0.314 e. The minimum absolute atomic E-state index is 1.09. The van der Waals surface area contributed by atoms with Gasteiger partial charge in [-0.25, -0.2) is 0 Å². The van der Waals surface area contributed by atoms with Gasteiger partial charge in [0.1, 0.15) is 0 Å². The number of rotatable bonds is 4. The molecule has 0 radical (unpaired) electrons. The van der Waals surface area contributed by atoms with Crippen molar-refractivity contribution in [1.82, 2.24) is 20.4 Å². The van der Waals surface area contributed by atoms with Crippen molar-refractivity contribution in [2.24, 2.45) is 0 Å². The Morgan fingerprint density at radius 1 is 0.667 bits per heavy atom. The van der Waals surface area contributed by atoms with Gasteiger partial charge in [0, 0.05) is 52.4 Å². The topological polar surface area (TPSA) is 30.5 Å². The maximum Gasteiger partial charge on any atom is 0.0110 e. The second-order valence-corrected chi connectivity index (χ2v) is 5.18. The van der Waals surface area contributed by atoms with Crippen LogP contribution in [-0.2, 0) is 0 Å². The van der Waals surface area contributed by atoms with Crippen LogP contribution in [0.15, 0.2) is 0 Å². The van der Waals surface area contributed by atoms with Crippen LogP contribution in [0.5, 0.6) is 0 Å². The Kier molecular flexibility index (Phi) is 9.48. The van der Waals surface area contributed by atoms with E-state index in [1.807, 2.05) is 0 Å². The van der Waals surface area contributed by atoms with E-state index in [0.717, 1.165) is 26.2 Å². The fourth-order valence-corrected chi connectivity index (χ4v) is 2.49. The first-order chi connectivity index (χ1) is 8.86. The molecule has 0 aromatic rings. The van der Waals surface area contributed by atoms with Gasteiger partial charge < -0.3 is 20.4 Å². The summed E-state index contributed by atoms with van der Waals surface area (Å²) in [6.45, 7) is 16.3. The van der Waals surface area contributed by atoms with E-state index < -0.39 is 0 Å². The lowest BCUT2D eigenvalue weighted by Crippen LogP contribution is -2.43.